The smallest absolute Gasteiger partial charge is 0.313 e. The van der Waals surface area contributed by atoms with E-state index in [0.717, 1.165) is 5.56 Å². The number of carboxylic acids is 1. The van der Waals surface area contributed by atoms with E-state index in [1.165, 1.54) is 19.1 Å². The van der Waals surface area contributed by atoms with Crippen molar-refractivity contribution in [2.45, 2.75) is 26.7 Å². The molecule has 0 amide bonds. The fourth-order valence-corrected chi connectivity index (χ4v) is 1.73. The van der Waals surface area contributed by atoms with Gasteiger partial charge in [0.05, 0.1) is 0 Å². The van der Waals surface area contributed by atoms with Crippen LogP contribution in [0, 0.1) is 18.7 Å². The topological polar surface area (TPSA) is 54.4 Å². The molecule has 0 fully saturated rings. The molecular weight excluding hydrogens is 223 g/mol. The Kier molecular flexibility index (Phi) is 3.99. The van der Waals surface area contributed by atoms with Crippen LogP contribution in [0.1, 0.15) is 30.9 Å². The highest BCUT2D eigenvalue weighted by molar-refractivity contribution is 6.01. The average Bonchev–Trinajstić information content (AvgIpc) is 2.29. The van der Waals surface area contributed by atoms with Crippen LogP contribution in [-0.2, 0) is 9.59 Å². The molecule has 2 atom stereocenters. The molecule has 3 nitrogen and oxygen atoms in total. The lowest BCUT2D eigenvalue weighted by molar-refractivity contribution is -0.145. The first kappa shape index (κ1) is 13.4. The number of Topliss-reactive ketones (excluding diaryl/α,β-unsaturated/α-hetero) is 1. The van der Waals surface area contributed by atoms with E-state index in [1.807, 2.05) is 0 Å². The second kappa shape index (κ2) is 5.08. The molecule has 4 heteroatoms. The number of aryl methyl sites for hydroxylation is 1. The van der Waals surface area contributed by atoms with Gasteiger partial charge in [0.2, 0.25) is 0 Å². The molecule has 1 aromatic rings. The van der Waals surface area contributed by atoms with Crippen molar-refractivity contribution >= 4 is 11.8 Å². The Morgan fingerprint density at radius 3 is 2.41 bits per heavy atom. The van der Waals surface area contributed by atoms with E-state index in [-0.39, 0.29) is 0 Å². The molecule has 0 aliphatic rings. The van der Waals surface area contributed by atoms with Crippen molar-refractivity contribution in [3.05, 3.63) is 35.1 Å². The van der Waals surface area contributed by atoms with Gasteiger partial charge in [0.15, 0.2) is 5.78 Å². The minimum Gasteiger partial charge on any atom is -0.481 e. The summed E-state index contributed by atoms with van der Waals surface area (Å²) in [6.45, 7) is 4.71. The SMILES string of the molecule is Cc1ccc(F)cc1C(C)C(=O)C(C)C(=O)O. The van der Waals surface area contributed by atoms with E-state index in [0.29, 0.717) is 5.56 Å². The van der Waals surface area contributed by atoms with Crippen molar-refractivity contribution in [2.75, 3.05) is 0 Å². The first-order chi connectivity index (χ1) is 7.84. The molecule has 17 heavy (non-hydrogen) atoms. The van der Waals surface area contributed by atoms with Gasteiger partial charge < -0.3 is 5.11 Å². The van der Waals surface area contributed by atoms with Crippen molar-refractivity contribution in [2.24, 2.45) is 5.92 Å². The number of carbonyl (C=O) groups is 2. The second-order valence-corrected chi connectivity index (χ2v) is 4.18. The Morgan fingerprint density at radius 1 is 1.29 bits per heavy atom. The first-order valence-corrected chi connectivity index (χ1v) is 5.37. The lowest BCUT2D eigenvalue weighted by Crippen LogP contribution is -2.25. The second-order valence-electron chi connectivity index (χ2n) is 4.18. The predicted molar refractivity (Wildman–Crippen MR) is 61.4 cm³/mol. The highest BCUT2D eigenvalue weighted by Crippen LogP contribution is 2.24. The minimum absolute atomic E-state index is 0.411. The average molecular weight is 238 g/mol. The van der Waals surface area contributed by atoms with Gasteiger partial charge in [-0.3, -0.25) is 9.59 Å². The van der Waals surface area contributed by atoms with E-state index in [4.69, 9.17) is 5.11 Å². The molecule has 0 saturated heterocycles. The Morgan fingerprint density at radius 2 is 1.88 bits per heavy atom. The summed E-state index contributed by atoms with van der Waals surface area (Å²) in [7, 11) is 0. The molecule has 1 aromatic carbocycles. The number of aliphatic carboxylic acids is 1. The zero-order valence-corrected chi connectivity index (χ0v) is 10.0. The molecule has 0 aromatic heterocycles. The zero-order valence-electron chi connectivity index (χ0n) is 10.0. The molecule has 0 aliphatic heterocycles. The summed E-state index contributed by atoms with van der Waals surface area (Å²) in [4.78, 5) is 22.6. The van der Waals surface area contributed by atoms with E-state index in [1.54, 1.807) is 19.9 Å². The lowest BCUT2D eigenvalue weighted by Gasteiger charge is -2.16. The third-order valence-electron chi connectivity index (χ3n) is 2.93. The monoisotopic (exact) mass is 238 g/mol. The highest BCUT2D eigenvalue weighted by atomic mass is 19.1. The third-order valence-corrected chi connectivity index (χ3v) is 2.93. The van der Waals surface area contributed by atoms with Crippen LogP contribution < -0.4 is 0 Å². The van der Waals surface area contributed by atoms with Crippen molar-refractivity contribution in [3.63, 3.8) is 0 Å². The Hall–Kier alpha value is -1.71. The normalized spacial score (nSPS) is 14.1. The third kappa shape index (κ3) is 2.90. The molecular formula is C13H15FO3. The summed E-state index contributed by atoms with van der Waals surface area (Å²) in [5.41, 5.74) is 1.33. The molecule has 1 N–H and O–H groups in total. The van der Waals surface area contributed by atoms with Crippen molar-refractivity contribution in [3.8, 4) is 0 Å². The van der Waals surface area contributed by atoms with Crippen LogP contribution in [-0.4, -0.2) is 16.9 Å². The van der Waals surface area contributed by atoms with E-state index in [2.05, 4.69) is 0 Å². The Labute approximate surface area is 99.3 Å². The number of hydrogen-bond donors (Lipinski definition) is 1. The van der Waals surface area contributed by atoms with E-state index < -0.39 is 29.4 Å². The number of carbonyl (C=O) groups excluding carboxylic acids is 1. The Balaban J connectivity index is 3.04. The minimum atomic E-state index is -1.16. The van der Waals surface area contributed by atoms with E-state index in [9.17, 15) is 14.0 Å². The van der Waals surface area contributed by atoms with Gasteiger partial charge in [-0.05, 0) is 37.1 Å². The van der Waals surface area contributed by atoms with Gasteiger partial charge in [0.25, 0.3) is 0 Å². The van der Waals surface area contributed by atoms with Crippen LogP contribution in [0.5, 0.6) is 0 Å². The maximum absolute atomic E-state index is 13.1. The van der Waals surface area contributed by atoms with Gasteiger partial charge in [-0.25, -0.2) is 4.39 Å². The number of halogens is 1. The fourth-order valence-electron chi connectivity index (χ4n) is 1.73. The maximum atomic E-state index is 13.1. The van der Waals surface area contributed by atoms with Crippen LogP contribution >= 0.6 is 0 Å². The van der Waals surface area contributed by atoms with Gasteiger partial charge in [-0.1, -0.05) is 13.0 Å². The van der Waals surface area contributed by atoms with Gasteiger partial charge in [-0.2, -0.15) is 0 Å². The molecule has 92 valence electrons. The summed E-state index contributed by atoms with van der Waals surface area (Å²) in [5, 5.41) is 8.78. The van der Waals surface area contributed by atoms with Crippen LogP contribution in [0.25, 0.3) is 0 Å². The van der Waals surface area contributed by atoms with Crippen LogP contribution in [0.2, 0.25) is 0 Å². The summed E-state index contributed by atoms with van der Waals surface area (Å²) in [5.74, 6) is -3.68. The summed E-state index contributed by atoms with van der Waals surface area (Å²) in [6, 6.07) is 4.18. The number of hydrogen-bond acceptors (Lipinski definition) is 2. The maximum Gasteiger partial charge on any atom is 0.313 e. The number of ketones is 1. The van der Waals surface area contributed by atoms with Crippen molar-refractivity contribution < 1.29 is 19.1 Å². The quantitative estimate of drug-likeness (QED) is 0.820. The molecule has 0 heterocycles. The molecule has 1 rings (SSSR count). The first-order valence-electron chi connectivity index (χ1n) is 5.37. The molecule has 2 unspecified atom stereocenters. The van der Waals surface area contributed by atoms with Gasteiger partial charge in [0, 0.05) is 5.92 Å². The van der Waals surface area contributed by atoms with Crippen LogP contribution in [0.3, 0.4) is 0 Å². The van der Waals surface area contributed by atoms with E-state index >= 15 is 0 Å². The summed E-state index contributed by atoms with van der Waals surface area (Å²) < 4.78 is 13.1. The summed E-state index contributed by atoms with van der Waals surface area (Å²) >= 11 is 0. The standard InChI is InChI=1S/C13H15FO3/c1-7-4-5-10(14)6-11(7)8(2)12(15)9(3)13(16)17/h4-6,8-9H,1-3H3,(H,16,17). The number of carboxylic acid groups (broad SMARTS) is 1. The van der Waals surface area contributed by atoms with Crippen LogP contribution in [0.15, 0.2) is 18.2 Å². The lowest BCUT2D eigenvalue weighted by atomic mass is 9.87. The van der Waals surface area contributed by atoms with Crippen LogP contribution in [0.4, 0.5) is 4.39 Å². The molecule has 0 saturated carbocycles. The van der Waals surface area contributed by atoms with Crippen molar-refractivity contribution in [1.29, 1.82) is 0 Å². The van der Waals surface area contributed by atoms with Gasteiger partial charge in [0.1, 0.15) is 11.7 Å². The highest BCUT2D eigenvalue weighted by Gasteiger charge is 2.27. The molecule has 0 aliphatic carbocycles. The fraction of sp³-hybridized carbons (Fsp3) is 0.385. The summed E-state index contributed by atoms with van der Waals surface area (Å²) in [6.07, 6.45) is 0. The number of rotatable bonds is 4. The van der Waals surface area contributed by atoms with Crippen molar-refractivity contribution in [1.82, 2.24) is 0 Å². The molecule has 0 spiro atoms. The van der Waals surface area contributed by atoms with Gasteiger partial charge in [-0.15, -0.1) is 0 Å². The molecule has 0 radical (unpaired) electrons. The Bertz CT molecular complexity index is 454. The largest absolute Gasteiger partial charge is 0.481 e. The molecule has 0 bridgehead atoms. The predicted octanol–water partition coefficient (Wildman–Crippen LogP) is 2.53. The zero-order chi connectivity index (χ0) is 13.2. The number of benzene rings is 1. The van der Waals surface area contributed by atoms with Gasteiger partial charge >= 0.3 is 5.97 Å².